The van der Waals surface area contributed by atoms with Gasteiger partial charge in [0.05, 0.1) is 18.7 Å². The summed E-state index contributed by atoms with van der Waals surface area (Å²) in [6.07, 6.45) is 2.09. The van der Waals surface area contributed by atoms with Crippen LogP contribution in [0.4, 0.5) is 10.7 Å². The predicted octanol–water partition coefficient (Wildman–Crippen LogP) is 3.62. The molecule has 3 rings (SSSR count). The lowest BCUT2D eigenvalue weighted by Crippen LogP contribution is -2.36. The fraction of sp³-hybridized carbons (Fsp3) is 0.368. The van der Waals surface area contributed by atoms with Crippen molar-refractivity contribution in [2.75, 3.05) is 29.9 Å². The number of benzene rings is 1. The molecule has 1 aliphatic rings. The first-order valence-corrected chi connectivity index (χ1v) is 9.30. The molecule has 2 heterocycles. The molecule has 1 amide bonds. The summed E-state index contributed by atoms with van der Waals surface area (Å²) in [7, 11) is 0. The van der Waals surface area contributed by atoms with E-state index in [0.29, 0.717) is 17.2 Å². The number of nitrogens with zero attached hydrogens (tertiary/aromatic N) is 1. The van der Waals surface area contributed by atoms with Crippen molar-refractivity contribution in [1.29, 1.82) is 0 Å². The molecule has 1 aliphatic heterocycles. The van der Waals surface area contributed by atoms with Gasteiger partial charge >= 0.3 is 5.97 Å². The van der Waals surface area contributed by atoms with Crippen LogP contribution in [0, 0.1) is 6.92 Å². The number of para-hydroxylation sites is 1. The third kappa shape index (κ3) is 4.02. The van der Waals surface area contributed by atoms with Gasteiger partial charge in [-0.3, -0.25) is 4.79 Å². The quantitative estimate of drug-likeness (QED) is 0.830. The molecular weight excluding hydrogens is 336 g/mol. The third-order valence-electron chi connectivity index (χ3n) is 4.14. The molecule has 0 saturated carbocycles. The first kappa shape index (κ1) is 17.5. The number of carbonyl (C=O) groups is 2. The van der Waals surface area contributed by atoms with Gasteiger partial charge in [0, 0.05) is 17.1 Å². The number of thiophene rings is 1. The first-order chi connectivity index (χ1) is 12.1. The van der Waals surface area contributed by atoms with Crippen molar-refractivity contribution in [2.24, 2.45) is 0 Å². The summed E-state index contributed by atoms with van der Waals surface area (Å²) in [5.41, 5.74) is 2.83. The molecule has 0 aliphatic carbocycles. The molecule has 2 aromatic rings. The van der Waals surface area contributed by atoms with Crippen LogP contribution < -0.4 is 10.2 Å². The lowest BCUT2D eigenvalue weighted by molar-refractivity contribution is -0.115. The second-order valence-corrected chi connectivity index (χ2v) is 7.28. The highest BCUT2D eigenvalue weighted by Crippen LogP contribution is 2.29. The van der Waals surface area contributed by atoms with Crippen LogP contribution in [-0.2, 0) is 16.0 Å². The minimum atomic E-state index is -0.398. The summed E-state index contributed by atoms with van der Waals surface area (Å²) in [5.74, 6) is -0.519. The maximum absolute atomic E-state index is 12.5. The smallest absolute Gasteiger partial charge is 0.341 e. The number of hydrogen-bond acceptors (Lipinski definition) is 5. The van der Waals surface area contributed by atoms with E-state index < -0.39 is 5.97 Å². The minimum Gasteiger partial charge on any atom is -0.462 e. The van der Waals surface area contributed by atoms with Gasteiger partial charge in [-0.1, -0.05) is 18.2 Å². The van der Waals surface area contributed by atoms with Crippen LogP contribution in [0.15, 0.2) is 30.3 Å². The molecule has 5 nitrogen and oxygen atoms in total. The molecule has 0 fully saturated rings. The van der Waals surface area contributed by atoms with Crippen molar-refractivity contribution in [3.63, 3.8) is 0 Å². The molecule has 132 valence electrons. The summed E-state index contributed by atoms with van der Waals surface area (Å²) in [4.78, 5) is 27.6. The van der Waals surface area contributed by atoms with Gasteiger partial charge in [-0.15, -0.1) is 11.3 Å². The number of ether oxygens (including phenoxy) is 1. The molecule has 1 aromatic carbocycles. The average molecular weight is 358 g/mol. The number of fused-ring (bicyclic) bond motifs is 1. The third-order valence-corrected chi connectivity index (χ3v) is 5.11. The molecule has 25 heavy (non-hydrogen) atoms. The Kier molecular flexibility index (Phi) is 5.38. The molecule has 0 unspecified atom stereocenters. The predicted molar refractivity (Wildman–Crippen MR) is 101 cm³/mol. The number of nitrogens with one attached hydrogen (secondary N) is 1. The van der Waals surface area contributed by atoms with E-state index in [2.05, 4.69) is 22.3 Å². The van der Waals surface area contributed by atoms with E-state index in [1.807, 2.05) is 19.1 Å². The standard InChI is InChI=1S/C19H22N2O3S/c1-3-24-19(23)15-11-13(2)25-18(15)20-17(22)12-21-10-6-8-14-7-4-5-9-16(14)21/h4-5,7,9,11H,3,6,8,10,12H2,1-2H3,(H,20,22). The van der Waals surface area contributed by atoms with E-state index >= 15 is 0 Å². The Morgan fingerprint density at radius 2 is 2.12 bits per heavy atom. The van der Waals surface area contributed by atoms with Gasteiger partial charge in [0.2, 0.25) is 5.91 Å². The first-order valence-electron chi connectivity index (χ1n) is 8.48. The van der Waals surface area contributed by atoms with Crippen LogP contribution in [0.2, 0.25) is 0 Å². The molecule has 0 atom stereocenters. The number of amides is 1. The van der Waals surface area contributed by atoms with Crippen molar-refractivity contribution in [2.45, 2.75) is 26.7 Å². The number of anilines is 2. The molecule has 0 bridgehead atoms. The topological polar surface area (TPSA) is 58.6 Å². The van der Waals surface area contributed by atoms with E-state index in [1.54, 1.807) is 13.0 Å². The Bertz CT molecular complexity index is 785. The largest absolute Gasteiger partial charge is 0.462 e. The highest BCUT2D eigenvalue weighted by molar-refractivity contribution is 7.16. The van der Waals surface area contributed by atoms with Crippen LogP contribution >= 0.6 is 11.3 Å². The van der Waals surface area contributed by atoms with Gasteiger partial charge < -0.3 is 15.0 Å². The number of rotatable bonds is 5. The van der Waals surface area contributed by atoms with E-state index in [4.69, 9.17) is 4.74 Å². The van der Waals surface area contributed by atoms with Crippen molar-refractivity contribution in [3.8, 4) is 0 Å². The second-order valence-electron chi connectivity index (χ2n) is 6.02. The molecule has 1 N–H and O–H groups in total. The van der Waals surface area contributed by atoms with Crippen LogP contribution in [0.1, 0.15) is 34.1 Å². The lowest BCUT2D eigenvalue weighted by Gasteiger charge is -2.30. The molecule has 1 aromatic heterocycles. The second kappa shape index (κ2) is 7.70. The van der Waals surface area contributed by atoms with Crippen LogP contribution in [-0.4, -0.2) is 31.6 Å². The number of hydrogen-bond donors (Lipinski definition) is 1. The summed E-state index contributed by atoms with van der Waals surface area (Å²) < 4.78 is 5.07. The number of carbonyl (C=O) groups excluding carboxylic acids is 2. The van der Waals surface area contributed by atoms with Gasteiger partial charge in [0.1, 0.15) is 5.00 Å². The van der Waals surface area contributed by atoms with E-state index in [0.717, 1.165) is 30.0 Å². The zero-order valence-corrected chi connectivity index (χ0v) is 15.3. The van der Waals surface area contributed by atoms with Crippen LogP contribution in [0.5, 0.6) is 0 Å². The number of esters is 1. The zero-order valence-electron chi connectivity index (χ0n) is 14.5. The highest BCUT2D eigenvalue weighted by atomic mass is 32.1. The molecule has 0 saturated heterocycles. The monoisotopic (exact) mass is 358 g/mol. The normalized spacial score (nSPS) is 13.3. The van der Waals surface area contributed by atoms with E-state index in [-0.39, 0.29) is 12.5 Å². The molecule has 0 spiro atoms. The summed E-state index contributed by atoms with van der Waals surface area (Å²) in [6.45, 7) is 5.12. The molecular formula is C19H22N2O3S. The lowest BCUT2D eigenvalue weighted by atomic mass is 10.0. The van der Waals surface area contributed by atoms with Crippen molar-refractivity contribution >= 4 is 33.9 Å². The van der Waals surface area contributed by atoms with E-state index in [1.165, 1.54) is 16.9 Å². The SMILES string of the molecule is CCOC(=O)c1cc(C)sc1NC(=O)CN1CCCc2ccccc21. The summed E-state index contributed by atoms with van der Waals surface area (Å²) in [5, 5.41) is 3.45. The fourth-order valence-corrected chi connectivity index (χ4v) is 4.00. The van der Waals surface area contributed by atoms with Crippen LogP contribution in [0.3, 0.4) is 0 Å². The van der Waals surface area contributed by atoms with Gasteiger partial charge in [0.15, 0.2) is 0 Å². The maximum atomic E-state index is 12.5. The minimum absolute atomic E-state index is 0.121. The van der Waals surface area contributed by atoms with Crippen molar-refractivity contribution in [3.05, 3.63) is 46.3 Å². The van der Waals surface area contributed by atoms with Gasteiger partial charge in [0.25, 0.3) is 0 Å². The Morgan fingerprint density at radius 3 is 2.92 bits per heavy atom. The summed E-state index contributed by atoms with van der Waals surface area (Å²) >= 11 is 1.39. The Hall–Kier alpha value is -2.34. The summed E-state index contributed by atoms with van der Waals surface area (Å²) in [6, 6.07) is 9.95. The Labute approximate surface area is 151 Å². The fourth-order valence-electron chi connectivity index (χ4n) is 3.08. The van der Waals surface area contributed by atoms with E-state index in [9.17, 15) is 9.59 Å². The number of aryl methyl sites for hydroxylation is 2. The Morgan fingerprint density at radius 1 is 1.32 bits per heavy atom. The van der Waals surface area contributed by atoms with Gasteiger partial charge in [-0.05, 0) is 44.4 Å². The zero-order chi connectivity index (χ0) is 17.8. The van der Waals surface area contributed by atoms with Crippen LogP contribution in [0.25, 0.3) is 0 Å². The maximum Gasteiger partial charge on any atom is 0.341 e. The molecule has 0 radical (unpaired) electrons. The van der Waals surface area contributed by atoms with Gasteiger partial charge in [-0.25, -0.2) is 4.79 Å². The van der Waals surface area contributed by atoms with Crippen molar-refractivity contribution < 1.29 is 14.3 Å². The van der Waals surface area contributed by atoms with Gasteiger partial charge in [-0.2, -0.15) is 0 Å². The van der Waals surface area contributed by atoms with Crippen molar-refractivity contribution in [1.82, 2.24) is 0 Å². The highest BCUT2D eigenvalue weighted by Gasteiger charge is 2.21. The average Bonchev–Trinajstić information content (AvgIpc) is 2.96. The molecule has 6 heteroatoms. The Balaban J connectivity index is 1.71.